The third kappa shape index (κ3) is 1.93. The molecule has 0 bridgehead atoms. The highest BCUT2D eigenvalue weighted by Crippen LogP contribution is 2.20. The quantitative estimate of drug-likeness (QED) is 0.612. The highest BCUT2D eigenvalue weighted by molar-refractivity contribution is 7.15. The molecule has 0 aromatic carbocycles. The van der Waals surface area contributed by atoms with Crippen LogP contribution >= 0.6 is 11.3 Å². The number of thiazole rings is 1. The van der Waals surface area contributed by atoms with Gasteiger partial charge in [0, 0.05) is 0 Å². The minimum atomic E-state index is -0.977. The number of carboxylic acid groups (broad SMARTS) is 1. The van der Waals surface area contributed by atoms with Crippen molar-refractivity contribution in [3.05, 3.63) is 10.6 Å². The summed E-state index contributed by atoms with van der Waals surface area (Å²) in [7, 11) is 0. The van der Waals surface area contributed by atoms with Gasteiger partial charge in [0.05, 0.1) is 23.6 Å². The van der Waals surface area contributed by atoms with E-state index >= 15 is 0 Å². The predicted octanol–water partition coefficient (Wildman–Crippen LogP) is -0.155. The molecular formula is C6H8N2O3S. The van der Waals surface area contributed by atoms with E-state index in [0.29, 0.717) is 10.6 Å². The van der Waals surface area contributed by atoms with E-state index in [4.69, 9.17) is 15.9 Å². The largest absolute Gasteiger partial charge is 0.481 e. The lowest BCUT2D eigenvalue weighted by Crippen LogP contribution is -2.02. The molecule has 1 aromatic heterocycles. The molecule has 6 heteroatoms. The first-order valence-electron chi connectivity index (χ1n) is 3.20. The van der Waals surface area contributed by atoms with E-state index in [1.54, 1.807) is 0 Å². The molecule has 0 aliphatic rings. The average molecular weight is 188 g/mol. The van der Waals surface area contributed by atoms with Crippen molar-refractivity contribution in [2.75, 3.05) is 5.73 Å². The number of carbonyl (C=O) groups is 1. The molecule has 66 valence electrons. The number of rotatable bonds is 3. The molecule has 0 spiro atoms. The molecule has 1 heterocycles. The summed E-state index contributed by atoms with van der Waals surface area (Å²) in [6.45, 7) is -0.211. The summed E-state index contributed by atoms with van der Waals surface area (Å²) in [5, 5.41) is 17.5. The number of aliphatic hydroxyl groups excluding tert-OH is 1. The van der Waals surface area contributed by atoms with Crippen LogP contribution in [0.2, 0.25) is 0 Å². The number of aliphatic carboxylic acids is 1. The average Bonchev–Trinajstić information content (AvgIpc) is 2.29. The lowest BCUT2D eigenvalue weighted by Gasteiger charge is -1.92. The summed E-state index contributed by atoms with van der Waals surface area (Å²) in [5.41, 5.74) is 5.69. The van der Waals surface area contributed by atoms with Gasteiger partial charge in [-0.3, -0.25) is 4.79 Å². The SMILES string of the molecule is Nc1nc(CC(=O)O)c(CO)s1. The number of carboxylic acids is 1. The number of hydrogen-bond acceptors (Lipinski definition) is 5. The van der Waals surface area contributed by atoms with Crippen LogP contribution in [0.3, 0.4) is 0 Å². The molecule has 5 nitrogen and oxygen atoms in total. The molecule has 0 radical (unpaired) electrons. The Balaban J connectivity index is 2.89. The summed E-state index contributed by atoms with van der Waals surface area (Å²) in [4.78, 5) is 14.6. The molecule has 12 heavy (non-hydrogen) atoms. The van der Waals surface area contributed by atoms with Gasteiger partial charge in [-0.2, -0.15) is 0 Å². The molecule has 0 aliphatic heterocycles. The first-order valence-corrected chi connectivity index (χ1v) is 4.02. The fourth-order valence-electron chi connectivity index (χ4n) is 0.808. The third-order valence-corrected chi connectivity index (χ3v) is 2.17. The van der Waals surface area contributed by atoms with Crippen molar-refractivity contribution >= 4 is 22.4 Å². The number of aliphatic hydroxyl groups is 1. The Morgan fingerprint density at radius 1 is 1.67 bits per heavy atom. The van der Waals surface area contributed by atoms with Crippen molar-refractivity contribution in [3.63, 3.8) is 0 Å². The van der Waals surface area contributed by atoms with Gasteiger partial charge in [0.2, 0.25) is 0 Å². The van der Waals surface area contributed by atoms with Gasteiger partial charge in [0.1, 0.15) is 0 Å². The van der Waals surface area contributed by atoms with E-state index in [1.165, 1.54) is 0 Å². The standard InChI is InChI=1S/C6H8N2O3S/c7-6-8-3(1-5(10)11)4(2-9)12-6/h9H,1-2H2,(H2,7,8)(H,10,11). The van der Waals surface area contributed by atoms with Crippen LogP contribution in [0.1, 0.15) is 10.6 Å². The van der Waals surface area contributed by atoms with Gasteiger partial charge in [0.15, 0.2) is 5.13 Å². The maximum atomic E-state index is 10.3. The number of hydrogen-bond donors (Lipinski definition) is 3. The molecule has 0 saturated carbocycles. The smallest absolute Gasteiger partial charge is 0.309 e. The minimum Gasteiger partial charge on any atom is -0.481 e. The summed E-state index contributed by atoms with van der Waals surface area (Å²) in [6.07, 6.45) is -0.191. The second kappa shape index (κ2) is 3.51. The van der Waals surface area contributed by atoms with Gasteiger partial charge >= 0.3 is 5.97 Å². The number of anilines is 1. The fraction of sp³-hybridized carbons (Fsp3) is 0.333. The number of nitrogens with zero attached hydrogens (tertiary/aromatic N) is 1. The molecule has 1 aromatic rings. The van der Waals surface area contributed by atoms with Gasteiger partial charge < -0.3 is 15.9 Å². The molecular weight excluding hydrogens is 180 g/mol. The Morgan fingerprint density at radius 3 is 2.83 bits per heavy atom. The van der Waals surface area contributed by atoms with Crippen LogP contribution in [0.25, 0.3) is 0 Å². The van der Waals surface area contributed by atoms with Crippen LogP contribution < -0.4 is 5.73 Å². The molecule has 0 unspecified atom stereocenters. The van der Waals surface area contributed by atoms with Gasteiger partial charge in [-0.1, -0.05) is 11.3 Å². The van der Waals surface area contributed by atoms with E-state index in [9.17, 15) is 4.79 Å². The third-order valence-electron chi connectivity index (χ3n) is 1.26. The van der Waals surface area contributed by atoms with E-state index in [0.717, 1.165) is 11.3 Å². The van der Waals surface area contributed by atoms with E-state index in [1.807, 2.05) is 0 Å². The Morgan fingerprint density at radius 2 is 2.33 bits per heavy atom. The first kappa shape index (κ1) is 8.95. The summed E-state index contributed by atoms with van der Waals surface area (Å²) in [5.74, 6) is -0.977. The molecule has 0 saturated heterocycles. The lowest BCUT2D eigenvalue weighted by atomic mass is 10.3. The normalized spacial score (nSPS) is 10.1. The van der Waals surface area contributed by atoms with Crippen LogP contribution in [0.4, 0.5) is 5.13 Å². The van der Waals surface area contributed by atoms with Crippen LogP contribution in [0.5, 0.6) is 0 Å². The van der Waals surface area contributed by atoms with Crippen molar-refractivity contribution < 1.29 is 15.0 Å². The maximum Gasteiger partial charge on any atom is 0.309 e. The van der Waals surface area contributed by atoms with E-state index < -0.39 is 5.97 Å². The lowest BCUT2D eigenvalue weighted by molar-refractivity contribution is -0.136. The van der Waals surface area contributed by atoms with Crippen LogP contribution in [0, 0.1) is 0 Å². The zero-order chi connectivity index (χ0) is 9.14. The Hall–Kier alpha value is -1.14. The number of nitrogen functional groups attached to an aromatic ring is 1. The molecule has 0 amide bonds. The second-order valence-electron chi connectivity index (χ2n) is 2.15. The highest BCUT2D eigenvalue weighted by atomic mass is 32.1. The molecule has 0 aliphatic carbocycles. The number of nitrogens with two attached hydrogens (primary N) is 1. The summed E-state index contributed by atoms with van der Waals surface area (Å²) in [6, 6.07) is 0. The molecule has 4 N–H and O–H groups in total. The van der Waals surface area contributed by atoms with Gasteiger partial charge in [-0.15, -0.1) is 0 Å². The number of aromatic nitrogens is 1. The molecule has 1 rings (SSSR count). The van der Waals surface area contributed by atoms with E-state index in [-0.39, 0.29) is 18.2 Å². The Bertz CT molecular complexity index is 297. The summed E-state index contributed by atoms with van der Waals surface area (Å²) >= 11 is 1.11. The fourth-order valence-corrected chi connectivity index (χ4v) is 1.52. The summed E-state index contributed by atoms with van der Waals surface area (Å²) < 4.78 is 0. The van der Waals surface area contributed by atoms with E-state index in [2.05, 4.69) is 4.98 Å². The van der Waals surface area contributed by atoms with Crippen molar-refractivity contribution in [1.82, 2.24) is 4.98 Å². The first-order chi connectivity index (χ1) is 5.63. The molecule has 0 fully saturated rings. The van der Waals surface area contributed by atoms with Crippen LogP contribution in [-0.4, -0.2) is 21.2 Å². The van der Waals surface area contributed by atoms with Gasteiger partial charge in [-0.05, 0) is 0 Å². The van der Waals surface area contributed by atoms with Crippen LogP contribution in [0.15, 0.2) is 0 Å². The monoisotopic (exact) mass is 188 g/mol. The highest BCUT2D eigenvalue weighted by Gasteiger charge is 2.11. The van der Waals surface area contributed by atoms with Crippen molar-refractivity contribution in [1.29, 1.82) is 0 Å². The van der Waals surface area contributed by atoms with Crippen molar-refractivity contribution in [2.45, 2.75) is 13.0 Å². The topological polar surface area (TPSA) is 96.4 Å². The van der Waals surface area contributed by atoms with Crippen LogP contribution in [-0.2, 0) is 17.8 Å². The van der Waals surface area contributed by atoms with Crippen molar-refractivity contribution in [3.8, 4) is 0 Å². The Kier molecular flexibility index (Phi) is 2.61. The van der Waals surface area contributed by atoms with Crippen molar-refractivity contribution in [2.24, 2.45) is 0 Å². The van der Waals surface area contributed by atoms with Gasteiger partial charge in [-0.25, -0.2) is 4.98 Å². The zero-order valence-corrected chi connectivity index (χ0v) is 6.97. The second-order valence-corrected chi connectivity index (χ2v) is 3.27. The predicted molar refractivity (Wildman–Crippen MR) is 43.8 cm³/mol. The van der Waals surface area contributed by atoms with Gasteiger partial charge in [0.25, 0.3) is 0 Å². The molecule has 0 atom stereocenters. The zero-order valence-electron chi connectivity index (χ0n) is 6.15. The minimum absolute atomic E-state index is 0.191. The Labute approximate surface area is 72.5 Å². The maximum absolute atomic E-state index is 10.3.